The van der Waals surface area contributed by atoms with Gasteiger partial charge in [0.15, 0.2) is 0 Å². The van der Waals surface area contributed by atoms with Crippen molar-refractivity contribution < 1.29 is 4.74 Å². The Morgan fingerprint density at radius 2 is 2.12 bits per heavy atom. The highest BCUT2D eigenvalue weighted by Gasteiger charge is 2.08. The molecule has 1 aromatic carbocycles. The molecular formula is C14H19ClO. The molecule has 0 aromatic heterocycles. The molecule has 0 saturated heterocycles. The number of alkyl halides is 1. The summed E-state index contributed by atoms with van der Waals surface area (Å²) in [6.07, 6.45) is 0. The minimum absolute atomic E-state index is 0.447. The van der Waals surface area contributed by atoms with Gasteiger partial charge in [-0.2, -0.15) is 0 Å². The van der Waals surface area contributed by atoms with Crippen molar-refractivity contribution in [2.45, 2.75) is 26.7 Å². The van der Waals surface area contributed by atoms with E-state index in [0.29, 0.717) is 18.4 Å². The van der Waals surface area contributed by atoms with Crippen molar-refractivity contribution in [1.29, 1.82) is 0 Å². The molecule has 0 radical (unpaired) electrons. The highest BCUT2D eigenvalue weighted by Crippen LogP contribution is 2.27. The molecule has 1 rings (SSSR count). The predicted molar refractivity (Wildman–Crippen MR) is 70.6 cm³/mol. The van der Waals surface area contributed by atoms with E-state index in [-0.39, 0.29) is 0 Å². The molecule has 0 fully saturated rings. The number of halogens is 1. The zero-order valence-corrected chi connectivity index (χ0v) is 11.0. The first-order chi connectivity index (χ1) is 7.54. The molecule has 0 aliphatic heterocycles. The van der Waals surface area contributed by atoms with Crippen LogP contribution < -0.4 is 4.74 Å². The van der Waals surface area contributed by atoms with Crippen molar-refractivity contribution in [2.24, 2.45) is 0 Å². The van der Waals surface area contributed by atoms with Crippen LogP contribution in [-0.2, 0) is 0 Å². The van der Waals surface area contributed by atoms with Crippen LogP contribution in [0.15, 0.2) is 30.4 Å². The highest BCUT2D eigenvalue weighted by atomic mass is 35.5. The van der Waals surface area contributed by atoms with Gasteiger partial charge in [0.1, 0.15) is 12.4 Å². The minimum atomic E-state index is 0.447. The third-order valence-electron chi connectivity index (χ3n) is 2.41. The van der Waals surface area contributed by atoms with Crippen molar-refractivity contribution in [3.63, 3.8) is 0 Å². The normalized spacial score (nSPS) is 10.6. The van der Waals surface area contributed by atoms with Crippen LogP contribution in [0, 0.1) is 6.92 Å². The number of benzene rings is 1. The zero-order chi connectivity index (χ0) is 12.1. The summed E-state index contributed by atoms with van der Waals surface area (Å²) < 4.78 is 5.75. The Morgan fingerprint density at radius 3 is 2.69 bits per heavy atom. The SMILES string of the molecule is C=C(CCl)COc1cc(C)ccc1C(C)C. The van der Waals surface area contributed by atoms with Crippen LogP contribution >= 0.6 is 11.6 Å². The lowest BCUT2D eigenvalue weighted by atomic mass is 10.0. The van der Waals surface area contributed by atoms with Crippen molar-refractivity contribution in [3.05, 3.63) is 41.5 Å². The number of hydrogen-bond donors (Lipinski definition) is 0. The molecule has 0 amide bonds. The average molecular weight is 239 g/mol. The van der Waals surface area contributed by atoms with Crippen molar-refractivity contribution in [2.75, 3.05) is 12.5 Å². The molecule has 0 aliphatic carbocycles. The van der Waals surface area contributed by atoms with E-state index in [2.05, 4.69) is 45.5 Å². The summed E-state index contributed by atoms with van der Waals surface area (Å²) in [6.45, 7) is 10.7. The van der Waals surface area contributed by atoms with Gasteiger partial charge in [-0.25, -0.2) is 0 Å². The number of ether oxygens (including phenoxy) is 1. The molecule has 0 bridgehead atoms. The molecule has 0 unspecified atom stereocenters. The first-order valence-corrected chi connectivity index (χ1v) is 6.04. The summed E-state index contributed by atoms with van der Waals surface area (Å²) in [6, 6.07) is 6.30. The van der Waals surface area contributed by atoms with Gasteiger partial charge in [0.25, 0.3) is 0 Å². The summed E-state index contributed by atoms with van der Waals surface area (Å²) in [5.74, 6) is 1.85. The van der Waals surface area contributed by atoms with Crippen LogP contribution in [0.1, 0.15) is 30.9 Å². The lowest BCUT2D eigenvalue weighted by Gasteiger charge is -2.15. The van der Waals surface area contributed by atoms with Crippen molar-refractivity contribution in [1.82, 2.24) is 0 Å². The second-order valence-electron chi connectivity index (χ2n) is 4.37. The Balaban J connectivity index is 2.84. The second-order valence-corrected chi connectivity index (χ2v) is 4.64. The van der Waals surface area contributed by atoms with Crippen LogP contribution in [0.25, 0.3) is 0 Å². The third-order valence-corrected chi connectivity index (χ3v) is 2.79. The fourth-order valence-electron chi connectivity index (χ4n) is 1.46. The van der Waals surface area contributed by atoms with E-state index in [1.165, 1.54) is 11.1 Å². The monoisotopic (exact) mass is 238 g/mol. The van der Waals surface area contributed by atoms with Crippen molar-refractivity contribution in [3.8, 4) is 5.75 Å². The molecular weight excluding hydrogens is 220 g/mol. The molecule has 0 heterocycles. The number of hydrogen-bond acceptors (Lipinski definition) is 1. The number of aryl methyl sites for hydroxylation is 1. The van der Waals surface area contributed by atoms with Gasteiger partial charge >= 0.3 is 0 Å². The van der Waals surface area contributed by atoms with Gasteiger partial charge in [-0.1, -0.05) is 32.6 Å². The molecule has 0 N–H and O–H groups in total. The van der Waals surface area contributed by atoms with Crippen LogP contribution in [0.3, 0.4) is 0 Å². The minimum Gasteiger partial charge on any atom is -0.489 e. The van der Waals surface area contributed by atoms with E-state index in [4.69, 9.17) is 16.3 Å². The smallest absolute Gasteiger partial charge is 0.123 e. The van der Waals surface area contributed by atoms with Gasteiger partial charge in [0.2, 0.25) is 0 Å². The van der Waals surface area contributed by atoms with Gasteiger partial charge in [-0.15, -0.1) is 11.6 Å². The molecule has 1 aromatic rings. The Kier molecular flexibility index (Phi) is 4.88. The first kappa shape index (κ1) is 13.1. The van der Waals surface area contributed by atoms with Gasteiger partial charge in [-0.3, -0.25) is 0 Å². The van der Waals surface area contributed by atoms with Gasteiger partial charge in [0.05, 0.1) is 0 Å². The Labute approximate surface area is 103 Å². The topological polar surface area (TPSA) is 9.23 Å². The average Bonchev–Trinajstić information content (AvgIpc) is 2.25. The fraction of sp³-hybridized carbons (Fsp3) is 0.429. The molecule has 88 valence electrons. The quantitative estimate of drug-likeness (QED) is 0.549. The predicted octanol–water partition coefficient (Wildman–Crippen LogP) is 4.29. The maximum absolute atomic E-state index is 5.75. The van der Waals surface area contributed by atoms with Crippen LogP contribution in [0.2, 0.25) is 0 Å². The summed E-state index contributed by atoms with van der Waals surface area (Å²) in [7, 11) is 0. The van der Waals surface area contributed by atoms with Gasteiger partial charge in [0, 0.05) is 5.88 Å². The maximum Gasteiger partial charge on any atom is 0.123 e. The largest absolute Gasteiger partial charge is 0.489 e. The molecule has 2 heteroatoms. The molecule has 16 heavy (non-hydrogen) atoms. The van der Waals surface area contributed by atoms with Crippen LogP contribution in [-0.4, -0.2) is 12.5 Å². The molecule has 0 saturated carbocycles. The number of rotatable bonds is 5. The Bertz CT molecular complexity index is 369. The summed E-state index contributed by atoms with van der Waals surface area (Å²) in [4.78, 5) is 0. The second kappa shape index (κ2) is 5.95. The van der Waals surface area contributed by atoms with E-state index < -0.39 is 0 Å². The summed E-state index contributed by atoms with van der Waals surface area (Å²) in [5, 5.41) is 0. The van der Waals surface area contributed by atoms with E-state index in [0.717, 1.165) is 11.3 Å². The van der Waals surface area contributed by atoms with Gasteiger partial charge in [-0.05, 0) is 35.6 Å². The van der Waals surface area contributed by atoms with E-state index in [1.54, 1.807) is 0 Å². The van der Waals surface area contributed by atoms with Crippen LogP contribution in [0.4, 0.5) is 0 Å². The lowest BCUT2D eigenvalue weighted by molar-refractivity contribution is 0.347. The van der Waals surface area contributed by atoms with Crippen molar-refractivity contribution >= 4 is 11.6 Å². The van der Waals surface area contributed by atoms with E-state index in [9.17, 15) is 0 Å². The third kappa shape index (κ3) is 3.57. The molecule has 0 atom stereocenters. The highest BCUT2D eigenvalue weighted by molar-refractivity contribution is 6.19. The molecule has 0 aliphatic rings. The molecule has 0 spiro atoms. The van der Waals surface area contributed by atoms with E-state index >= 15 is 0 Å². The Hall–Kier alpha value is -0.950. The molecule has 1 nitrogen and oxygen atoms in total. The van der Waals surface area contributed by atoms with Crippen LogP contribution in [0.5, 0.6) is 5.75 Å². The summed E-state index contributed by atoms with van der Waals surface area (Å²) >= 11 is 5.67. The van der Waals surface area contributed by atoms with Gasteiger partial charge < -0.3 is 4.74 Å². The standard InChI is InChI=1S/C14H19ClO/c1-10(2)13-6-5-11(3)7-14(13)16-9-12(4)8-15/h5-7,10H,4,8-9H2,1-3H3. The van der Waals surface area contributed by atoms with E-state index in [1.807, 2.05) is 0 Å². The summed E-state index contributed by atoms with van der Waals surface area (Å²) in [5.41, 5.74) is 3.33. The lowest BCUT2D eigenvalue weighted by Crippen LogP contribution is -2.04. The fourth-order valence-corrected chi connectivity index (χ4v) is 1.54. The Morgan fingerprint density at radius 1 is 1.44 bits per heavy atom. The zero-order valence-electron chi connectivity index (χ0n) is 10.2. The first-order valence-electron chi connectivity index (χ1n) is 5.50. The maximum atomic E-state index is 5.75.